The van der Waals surface area contributed by atoms with E-state index in [9.17, 15) is 27.9 Å². The van der Waals surface area contributed by atoms with E-state index in [1.54, 1.807) is 0 Å². The molecule has 0 saturated heterocycles. The lowest BCUT2D eigenvalue weighted by Gasteiger charge is -2.31. The van der Waals surface area contributed by atoms with Crippen LogP contribution < -0.4 is 10.6 Å². The molecule has 9 nitrogen and oxygen atoms in total. The second kappa shape index (κ2) is 17.2. The van der Waals surface area contributed by atoms with Crippen LogP contribution in [0.25, 0.3) is 10.8 Å². The molecule has 0 heterocycles. The number of sulfone groups is 1. The minimum atomic E-state index is -3.40. The van der Waals surface area contributed by atoms with E-state index in [0.717, 1.165) is 40.3 Å². The Balaban J connectivity index is 1.77. The third-order valence-electron chi connectivity index (χ3n) is 7.53. The summed E-state index contributed by atoms with van der Waals surface area (Å²) in [6.45, 7) is 4.74. The van der Waals surface area contributed by atoms with Crippen molar-refractivity contribution < 1.29 is 27.9 Å². The van der Waals surface area contributed by atoms with Gasteiger partial charge in [-0.25, -0.2) is 13.2 Å². The number of carboxylic acid groups (broad SMARTS) is 1. The van der Waals surface area contributed by atoms with E-state index in [1.807, 2.05) is 77.7 Å². The maximum atomic E-state index is 13.2. The highest BCUT2D eigenvalue weighted by Crippen LogP contribution is 2.21. The van der Waals surface area contributed by atoms with Gasteiger partial charge < -0.3 is 15.7 Å². The summed E-state index contributed by atoms with van der Waals surface area (Å²) in [6.07, 6.45) is 1.61. The monoisotopic (exact) mass is 641 g/mol. The summed E-state index contributed by atoms with van der Waals surface area (Å²) >= 11 is 1.54. The number of carbonyl (C=O) groups excluding carboxylic acids is 2. The summed E-state index contributed by atoms with van der Waals surface area (Å²) in [4.78, 5) is 40.0. The van der Waals surface area contributed by atoms with Crippen LogP contribution in [0.3, 0.4) is 0 Å². The molecule has 0 saturated carbocycles. The number of benzene rings is 3. The predicted molar refractivity (Wildman–Crippen MR) is 177 cm³/mol. The minimum Gasteiger partial charge on any atom is -0.480 e. The van der Waals surface area contributed by atoms with Crippen LogP contribution in [0.2, 0.25) is 0 Å². The molecule has 3 rings (SSSR count). The molecule has 3 aromatic carbocycles. The molecule has 0 aliphatic carbocycles. The number of rotatable bonds is 18. The van der Waals surface area contributed by atoms with Crippen molar-refractivity contribution in [3.63, 3.8) is 0 Å². The van der Waals surface area contributed by atoms with E-state index in [4.69, 9.17) is 0 Å². The van der Waals surface area contributed by atoms with E-state index in [1.165, 1.54) is 11.8 Å². The third-order valence-corrected chi connectivity index (χ3v) is 9.51. The topological polar surface area (TPSA) is 133 Å². The molecule has 0 aliphatic heterocycles. The largest absolute Gasteiger partial charge is 0.480 e. The highest BCUT2D eigenvalue weighted by molar-refractivity contribution is 7.99. The molecule has 3 atom stereocenters. The summed E-state index contributed by atoms with van der Waals surface area (Å²) in [7, 11) is -3.40. The van der Waals surface area contributed by atoms with Crippen molar-refractivity contribution >= 4 is 50.2 Å². The number of aliphatic carboxylic acids is 1. The number of fused-ring (bicyclic) bond motifs is 1. The van der Waals surface area contributed by atoms with Gasteiger partial charge in [-0.05, 0) is 34.2 Å². The van der Waals surface area contributed by atoms with Crippen LogP contribution in [-0.2, 0) is 36.5 Å². The number of carbonyl (C=O) groups is 3. The first-order chi connectivity index (χ1) is 20.9. The van der Waals surface area contributed by atoms with Gasteiger partial charge in [0.2, 0.25) is 11.8 Å². The van der Waals surface area contributed by atoms with Gasteiger partial charge in [-0.15, -0.1) is 11.8 Å². The summed E-state index contributed by atoms with van der Waals surface area (Å²) in [5.41, 5.74) is 2.14. The number of nitrogens with one attached hydrogen (secondary N) is 2. The summed E-state index contributed by atoms with van der Waals surface area (Å²) in [5.74, 6) is -1.13. The highest BCUT2D eigenvalue weighted by atomic mass is 32.2. The zero-order valence-electron chi connectivity index (χ0n) is 25.6. The molecule has 0 radical (unpaired) electrons. The van der Waals surface area contributed by atoms with Gasteiger partial charge in [-0.2, -0.15) is 0 Å². The highest BCUT2D eigenvalue weighted by Gasteiger charge is 2.26. The summed E-state index contributed by atoms with van der Waals surface area (Å²) < 4.78 is 23.2. The molecule has 0 fully saturated rings. The average molecular weight is 642 g/mol. The number of amides is 2. The molecule has 0 spiro atoms. The van der Waals surface area contributed by atoms with Crippen LogP contribution in [0.4, 0.5) is 0 Å². The number of hydrogen-bond acceptors (Lipinski definition) is 7. The van der Waals surface area contributed by atoms with Gasteiger partial charge in [-0.1, -0.05) is 93.1 Å². The standard InChI is InChI=1S/C33H43N3O6S2/c1-4-24(2)30(35-32(38)23-43-22-25-11-6-5-7-12-25)20-36(19-27-15-10-14-26-13-8-9-16-28(26)27)21-31(37)34-29(33(39)40)17-18-44(3,41)42/h5-16,24,29-30H,4,17-23H2,1-3H3,(H,34,37)(H,35,38)(H,39,40)/t24-,29-,30+/m0/s1. The number of nitrogens with zero attached hydrogens (tertiary/aromatic N) is 1. The molecule has 0 bridgehead atoms. The van der Waals surface area contributed by atoms with E-state index in [2.05, 4.69) is 24.5 Å². The van der Waals surface area contributed by atoms with Gasteiger partial charge in [0.15, 0.2) is 0 Å². The first-order valence-electron chi connectivity index (χ1n) is 14.7. The fourth-order valence-electron chi connectivity index (χ4n) is 4.90. The second-order valence-electron chi connectivity index (χ2n) is 11.2. The molecule has 0 aromatic heterocycles. The molecule has 0 aliphatic rings. The van der Waals surface area contributed by atoms with Gasteiger partial charge in [0.1, 0.15) is 15.9 Å². The van der Waals surface area contributed by atoms with E-state index < -0.39 is 27.8 Å². The molecular weight excluding hydrogens is 599 g/mol. The zero-order chi connectivity index (χ0) is 32.1. The van der Waals surface area contributed by atoms with Gasteiger partial charge in [0.05, 0.1) is 18.1 Å². The van der Waals surface area contributed by atoms with Gasteiger partial charge in [-0.3, -0.25) is 14.5 Å². The Morgan fingerprint density at radius 3 is 2.30 bits per heavy atom. The van der Waals surface area contributed by atoms with Crippen molar-refractivity contribution in [3.05, 3.63) is 83.9 Å². The van der Waals surface area contributed by atoms with Crippen LogP contribution in [0.5, 0.6) is 0 Å². The molecule has 11 heteroatoms. The number of thioether (sulfide) groups is 1. The van der Waals surface area contributed by atoms with Gasteiger partial charge >= 0.3 is 5.97 Å². The van der Waals surface area contributed by atoms with Crippen molar-refractivity contribution in [2.45, 2.75) is 51.1 Å². The minimum absolute atomic E-state index is 0.0856. The molecule has 238 valence electrons. The Morgan fingerprint density at radius 2 is 1.61 bits per heavy atom. The van der Waals surface area contributed by atoms with E-state index in [0.29, 0.717) is 18.8 Å². The van der Waals surface area contributed by atoms with Crippen molar-refractivity contribution in [2.24, 2.45) is 5.92 Å². The van der Waals surface area contributed by atoms with Crippen molar-refractivity contribution in [3.8, 4) is 0 Å². The maximum Gasteiger partial charge on any atom is 0.326 e. The van der Waals surface area contributed by atoms with Crippen LogP contribution in [0, 0.1) is 5.92 Å². The van der Waals surface area contributed by atoms with Crippen LogP contribution in [0.1, 0.15) is 37.8 Å². The Bertz CT molecular complexity index is 1490. The van der Waals surface area contributed by atoms with Crippen molar-refractivity contribution in [1.82, 2.24) is 15.5 Å². The van der Waals surface area contributed by atoms with Crippen LogP contribution in [-0.4, -0.2) is 79.1 Å². The molecule has 3 aromatic rings. The fraction of sp³-hybridized carbons (Fsp3) is 0.424. The Labute approximate surface area is 264 Å². The lowest BCUT2D eigenvalue weighted by molar-refractivity contribution is -0.142. The zero-order valence-corrected chi connectivity index (χ0v) is 27.2. The molecular formula is C33H43N3O6S2. The van der Waals surface area contributed by atoms with Crippen molar-refractivity contribution in [1.29, 1.82) is 0 Å². The number of hydrogen-bond donors (Lipinski definition) is 3. The second-order valence-corrected chi connectivity index (χ2v) is 14.5. The SMILES string of the molecule is CC[C@H](C)[C@@H](CN(CC(=O)N[C@@H](CCS(C)(=O)=O)C(=O)O)Cc1cccc2ccccc12)NC(=O)CSCc1ccccc1. The number of carboxylic acids is 1. The van der Waals surface area contributed by atoms with E-state index >= 15 is 0 Å². The summed E-state index contributed by atoms with van der Waals surface area (Å²) in [6, 6.07) is 22.3. The maximum absolute atomic E-state index is 13.2. The fourth-order valence-corrected chi connectivity index (χ4v) is 6.37. The van der Waals surface area contributed by atoms with Crippen LogP contribution in [0.15, 0.2) is 72.8 Å². The molecule has 0 unspecified atom stereocenters. The molecule has 44 heavy (non-hydrogen) atoms. The molecule has 3 N–H and O–H groups in total. The lowest BCUT2D eigenvalue weighted by Crippen LogP contribution is -2.51. The quantitative estimate of drug-likeness (QED) is 0.189. The summed E-state index contributed by atoms with van der Waals surface area (Å²) in [5, 5.41) is 17.4. The van der Waals surface area contributed by atoms with E-state index in [-0.39, 0.29) is 36.6 Å². The Morgan fingerprint density at radius 1 is 0.932 bits per heavy atom. The Hall–Kier alpha value is -3.41. The molecule has 2 amide bonds. The van der Waals surface area contributed by atoms with Crippen molar-refractivity contribution in [2.75, 3.05) is 30.9 Å². The lowest BCUT2D eigenvalue weighted by atomic mass is 9.97. The van der Waals surface area contributed by atoms with Gasteiger partial charge in [0, 0.05) is 31.1 Å². The normalized spacial score (nSPS) is 13.7. The average Bonchev–Trinajstić information content (AvgIpc) is 2.98. The Kier molecular flexibility index (Phi) is 13.7. The third kappa shape index (κ3) is 11.9. The predicted octanol–water partition coefficient (Wildman–Crippen LogP) is 4.11. The first-order valence-corrected chi connectivity index (χ1v) is 18.0. The first kappa shape index (κ1) is 35.1. The smallest absolute Gasteiger partial charge is 0.326 e. The van der Waals surface area contributed by atoms with Crippen LogP contribution >= 0.6 is 11.8 Å². The van der Waals surface area contributed by atoms with Gasteiger partial charge in [0.25, 0.3) is 0 Å².